The molecule has 10 nitrogen and oxygen atoms in total. The summed E-state index contributed by atoms with van der Waals surface area (Å²) in [4.78, 5) is 23.2. The van der Waals surface area contributed by atoms with Gasteiger partial charge in [0.15, 0.2) is 11.5 Å². The van der Waals surface area contributed by atoms with E-state index in [4.69, 9.17) is 9.47 Å². The lowest BCUT2D eigenvalue weighted by Gasteiger charge is -2.48. The molecular formula is C33H28F6N4O6. The van der Waals surface area contributed by atoms with E-state index in [9.17, 15) is 46.4 Å². The molecule has 1 heterocycles. The molecule has 1 fully saturated rings. The number of rotatable bonds is 10. The molecule has 1 saturated heterocycles. The predicted octanol–water partition coefficient (Wildman–Crippen LogP) is 7.79. The number of carbonyl (C=O) groups is 1. The molecule has 1 unspecified atom stereocenters. The second kappa shape index (κ2) is 13.9. The van der Waals surface area contributed by atoms with Crippen LogP contribution in [0.15, 0.2) is 91.0 Å². The summed E-state index contributed by atoms with van der Waals surface area (Å²) in [7, 11) is 1.32. The van der Waals surface area contributed by atoms with Crippen molar-refractivity contribution in [3.05, 3.63) is 118 Å². The van der Waals surface area contributed by atoms with E-state index in [2.05, 4.69) is 0 Å². The average Bonchev–Trinajstić information content (AvgIpc) is 3.07. The van der Waals surface area contributed by atoms with E-state index >= 15 is 0 Å². The van der Waals surface area contributed by atoms with E-state index in [0.717, 1.165) is 41.3 Å². The number of aromatic carboxylic acids is 1. The molecular weight excluding hydrogens is 662 g/mol. The minimum Gasteiger partial charge on any atom is -0.493 e. The van der Waals surface area contributed by atoms with Crippen molar-refractivity contribution in [3.8, 4) is 17.2 Å². The van der Waals surface area contributed by atoms with Crippen molar-refractivity contribution in [2.45, 2.75) is 24.9 Å². The largest absolute Gasteiger partial charge is 0.493 e. The summed E-state index contributed by atoms with van der Waals surface area (Å²) in [6.07, 6.45) is -9.81. The monoisotopic (exact) mass is 690 g/mol. The van der Waals surface area contributed by atoms with Crippen LogP contribution in [0, 0.1) is 10.1 Å². The number of non-ortho nitro benzene ring substituents is 1. The lowest BCUT2D eigenvalue weighted by Crippen LogP contribution is -2.63. The van der Waals surface area contributed by atoms with Gasteiger partial charge in [-0.1, -0.05) is 42.5 Å². The third-order valence-electron chi connectivity index (χ3n) is 7.87. The molecule has 0 aromatic heterocycles. The molecule has 0 amide bonds. The van der Waals surface area contributed by atoms with Gasteiger partial charge < -0.3 is 24.5 Å². The van der Waals surface area contributed by atoms with E-state index in [1.54, 1.807) is 42.5 Å². The molecule has 0 radical (unpaired) electrons. The number of alkyl halides is 6. The molecule has 49 heavy (non-hydrogen) atoms. The predicted molar refractivity (Wildman–Crippen MR) is 166 cm³/mol. The number of nitrogens with zero attached hydrogens (tertiary/aromatic N) is 4. The summed E-state index contributed by atoms with van der Waals surface area (Å²) in [5.41, 5.74) is -1.99. The SMILES string of the molecule is COc1cccc(CN(c2ccccc2)N2CCN(c3ccccc3C(F)(F)F)C(C(F)(F)F)C2)c1Oc1ccc([N+](=O)[O-])cc1C(=O)O. The number of methoxy groups -OCH3 is 1. The Kier molecular flexibility index (Phi) is 9.89. The quantitative estimate of drug-likeness (QED) is 0.101. The molecule has 5 rings (SSSR count). The van der Waals surface area contributed by atoms with Gasteiger partial charge in [0, 0.05) is 43.0 Å². The highest BCUT2D eigenvalue weighted by atomic mass is 19.4. The van der Waals surface area contributed by atoms with E-state index in [0.29, 0.717) is 11.3 Å². The summed E-state index contributed by atoms with van der Waals surface area (Å²) in [5, 5.41) is 23.9. The van der Waals surface area contributed by atoms with Crippen molar-refractivity contribution in [1.29, 1.82) is 0 Å². The number of hydrazine groups is 1. The Morgan fingerprint density at radius 1 is 0.939 bits per heavy atom. The third-order valence-corrected chi connectivity index (χ3v) is 7.87. The Morgan fingerprint density at radius 3 is 2.27 bits per heavy atom. The van der Waals surface area contributed by atoms with E-state index in [1.807, 2.05) is 0 Å². The van der Waals surface area contributed by atoms with Gasteiger partial charge in [-0.25, -0.2) is 9.80 Å². The Balaban J connectivity index is 1.54. The molecule has 0 aliphatic carbocycles. The second-order valence-corrected chi connectivity index (χ2v) is 10.9. The number of hydrogen-bond donors (Lipinski definition) is 1. The van der Waals surface area contributed by atoms with Crippen LogP contribution in [0.4, 0.5) is 43.4 Å². The van der Waals surface area contributed by atoms with Crippen molar-refractivity contribution in [2.24, 2.45) is 0 Å². The van der Waals surface area contributed by atoms with Crippen LogP contribution in [0.2, 0.25) is 0 Å². The molecule has 0 bridgehead atoms. The minimum absolute atomic E-state index is 0.00704. The molecule has 0 spiro atoms. The summed E-state index contributed by atoms with van der Waals surface area (Å²) in [6.45, 7) is -1.42. The number of piperazine rings is 1. The first-order valence-electron chi connectivity index (χ1n) is 14.6. The number of benzene rings is 4. The van der Waals surface area contributed by atoms with Crippen LogP contribution >= 0.6 is 0 Å². The minimum atomic E-state index is -4.92. The highest BCUT2D eigenvalue weighted by Gasteiger charge is 2.49. The first kappa shape index (κ1) is 34.8. The number of halogens is 6. The molecule has 258 valence electrons. The molecule has 1 aliphatic rings. The summed E-state index contributed by atoms with van der Waals surface area (Å²) in [5.74, 6) is -1.65. The summed E-state index contributed by atoms with van der Waals surface area (Å²) >= 11 is 0. The smallest absolute Gasteiger partial charge is 0.418 e. The average molecular weight is 691 g/mol. The number of nitro groups is 1. The number of nitro benzene ring substituents is 1. The van der Waals surface area contributed by atoms with Crippen LogP contribution in [0.1, 0.15) is 21.5 Å². The van der Waals surface area contributed by atoms with Crippen molar-refractivity contribution in [3.63, 3.8) is 0 Å². The maximum Gasteiger partial charge on any atom is 0.418 e. The number of hydrogen-bond acceptors (Lipinski definition) is 8. The Bertz CT molecular complexity index is 1820. The van der Waals surface area contributed by atoms with Crippen LogP contribution in [-0.2, 0) is 12.7 Å². The molecule has 0 saturated carbocycles. The lowest BCUT2D eigenvalue weighted by molar-refractivity contribution is -0.384. The summed E-state index contributed by atoms with van der Waals surface area (Å²) in [6, 6.07) is 17.8. The van der Waals surface area contributed by atoms with Crippen molar-refractivity contribution >= 4 is 23.0 Å². The normalized spacial score (nSPS) is 15.5. The number of carboxylic acids is 1. The zero-order valence-corrected chi connectivity index (χ0v) is 25.6. The molecule has 1 atom stereocenters. The van der Waals surface area contributed by atoms with Crippen molar-refractivity contribution in [1.82, 2.24) is 5.01 Å². The fourth-order valence-electron chi connectivity index (χ4n) is 5.60. The highest BCUT2D eigenvalue weighted by Crippen LogP contribution is 2.42. The van der Waals surface area contributed by atoms with Gasteiger partial charge in [-0.15, -0.1) is 0 Å². The lowest BCUT2D eigenvalue weighted by atomic mass is 10.1. The first-order chi connectivity index (χ1) is 23.2. The number of anilines is 2. The van der Waals surface area contributed by atoms with Gasteiger partial charge in [-0.3, -0.25) is 10.1 Å². The van der Waals surface area contributed by atoms with Gasteiger partial charge >= 0.3 is 18.3 Å². The second-order valence-electron chi connectivity index (χ2n) is 10.9. The molecule has 16 heteroatoms. The summed E-state index contributed by atoms with van der Waals surface area (Å²) < 4.78 is 97.0. The maximum atomic E-state index is 14.7. The van der Waals surface area contributed by atoms with Gasteiger partial charge in [0.05, 0.1) is 29.8 Å². The third kappa shape index (κ3) is 7.64. The van der Waals surface area contributed by atoms with Crippen LogP contribution in [0.25, 0.3) is 0 Å². The maximum absolute atomic E-state index is 14.7. The van der Waals surface area contributed by atoms with Gasteiger partial charge in [0.25, 0.3) is 5.69 Å². The van der Waals surface area contributed by atoms with E-state index < -0.39 is 64.9 Å². The first-order valence-corrected chi connectivity index (χ1v) is 14.6. The molecule has 4 aromatic rings. The van der Waals surface area contributed by atoms with Crippen LogP contribution in [0.5, 0.6) is 17.2 Å². The fraction of sp³-hybridized carbons (Fsp3) is 0.242. The Hall–Kier alpha value is -5.51. The van der Waals surface area contributed by atoms with E-state index in [1.165, 1.54) is 29.3 Å². The van der Waals surface area contributed by atoms with Crippen LogP contribution in [0.3, 0.4) is 0 Å². The standard InChI is InChI=1S/C33H28F6N4O6/c1-48-28-13-7-8-21(30(28)49-27-15-14-23(43(46)47)18-24(27)31(44)45)19-42(22-9-3-2-4-10-22)40-16-17-41(29(20-40)33(37,38)39)26-12-6-5-11-25(26)32(34,35)36/h2-15,18,29H,16-17,19-20H2,1H3,(H,44,45). The number of carboxylic acid groups (broad SMARTS) is 1. The molecule has 4 aromatic carbocycles. The van der Waals surface area contributed by atoms with Crippen molar-refractivity contribution < 1.29 is 50.6 Å². The zero-order valence-electron chi connectivity index (χ0n) is 25.6. The Morgan fingerprint density at radius 2 is 1.63 bits per heavy atom. The van der Waals surface area contributed by atoms with Gasteiger partial charge in [0.1, 0.15) is 17.4 Å². The van der Waals surface area contributed by atoms with Crippen molar-refractivity contribution in [2.75, 3.05) is 36.7 Å². The van der Waals surface area contributed by atoms with Crippen LogP contribution < -0.4 is 19.4 Å². The highest BCUT2D eigenvalue weighted by molar-refractivity contribution is 5.92. The van der Waals surface area contributed by atoms with E-state index in [-0.39, 0.29) is 30.3 Å². The van der Waals surface area contributed by atoms with Gasteiger partial charge in [0.2, 0.25) is 0 Å². The zero-order chi connectivity index (χ0) is 35.5. The fourth-order valence-corrected chi connectivity index (χ4v) is 5.60. The topological polar surface area (TPSA) is 109 Å². The number of para-hydroxylation sites is 3. The number of ether oxygens (including phenoxy) is 2. The Labute approximate surface area is 275 Å². The molecule has 1 aliphatic heterocycles. The van der Waals surface area contributed by atoms with Gasteiger partial charge in [-0.05, 0) is 36.4 Å². The molecule has 1 N–H and O–H groups in total. The van der Waals surface area contributed by atoms with Crippen LogP contribution in [-0.4, -0.2) is 60.0 Å². The van der Waals surface area contributed by atoms with Gasteiger partial charge in [-0.2, -0.15) is 26.3 Å².